The molecule has 0 radical (unpaired) electrons. The molecule has 2 aromatic rings. The topological polar surface area (TPSA) is 59.0 Å². The fourth-order valence-corrected chi connectivity index (χ4v) is 4.58. The molecule has 0 aromatic heterocycles. The highest BCUT2D eigenvalue weighted by atomic mass is 16.5. The Bertz CT molecular complexity index is 824. The summed E-state index contributed by atoms with van der Waals surface area (Å²) in [5, 5.41) is 10.2. The number of benzene rings is 2. The number of hydrogen-bond acceptors (Lipinski definition) is 4. The van der Waals surface area contributed by atoms with E-state index in [0.717, 1.165) is 24.8 Å². The molecular weight excluding hydrogens is 354 g/mol. The number of aliphatic hydroxyl groups excluding tert-OH is 1. The fourth-order valence-electron chi connectivity index (χ4n) is 4.58. The van der Waals surface area contributed by atoms with E-state index in [0.29, 0.717) is 30.9 Å². The van der Waals surface area contributed by atoms with Gasteiger partial charge in [-0.15, -0.1) is 0 Å². The molecule has 2 aliphatic rings. The van der Waals surface area contributed by atoms with Gasteiger partial charge in [0.2, 0.25) is 0 Å². The average Bonchev–Trinajstić information content (AvgIpc) is 3.12. The number of carbonyl (C=O) groups excluding carboxylic acids is 1. The second-order valence-electron chi connectivity index (χ2n) is 7.73. The Kier molecular flexibility index (Phi) is 5.38. The van der Waals surface area contributed by atoms with E-state index in [1.54, 1.807) is 7.11 Å². The third-order valence-corrected chi connectivity index (χ3v) is 6.18. The lowest BCUT2D eigenvalue weighted by molar-refractivity contribution is -0.0824. The molecule has 1 saturated heterocycles. The summed E-state index contributed by atoms with van der Waals surface area (Å²) < 4.78 is 11.9. The van der Waals surface area contributed by atoms with E-state index >= 15 is 0 Å². The maximum Gasteiger partial charge on any atom is 0.257 e. The quantitative estimate of drug-likeness (QED) is 0.862. The van der Waals surface area contributed by atoms with Gasteiger partial charge in [-0.1, -0.05) is 42.5 Å². The van der Waals surface area contributed by atoms with E-state index in [1.165, 1.54) is 0 Å². The van der Waals surface area contributed by atoms with Crippen molar-refractivity contribution in [1.82, 2.24) is 4.90 Å². The number of fused-ring (bicyclic) bond motifs is 1. The molecule has 148 valence electrons. The number of para-hydroxylation sites is 1. The number of carbonyl (C=O) groups is 1. The summed E-state index contributed by atoms with van der Waals surface area (Å²) in [4.78, 5) is 15.3. The standard InChI is InChI=1S/C23H27NO4/c1-27-23-12-11-18(25)15-21(23)24(14-13-23)22(26)19-9-5-6-10-20(19)28-16-17-7-3-2-4-8-17/h2-10,18,21,25H,11-16H2,1H3. The van der Waals surface area contributed by atoms with Crippen molar-refractivity contribution in [2.24, 2.45) is 0 Å². The molecular formula is C23H27NO4. The average molecular weight is 381 g/mol. The van der Waals surface area contributed by atoms with Crippen LogP contribution >= 0.6 is 0 Å². The zero-order valence-electron chi connectivity index (χ0n) is 16.2. The maximum atomic E-state index is 13.4. The lowest BCUT2D eigenvalue weighted by Gasteiger charge is -2.42. The minimum absolute atomic E-state index is 0.0540. The van der Waals surface area contributed by atoms with Crippen LogP contribution in [0.15, 0.2) is 54.6 Å². The van der Waals surface area contributed by atoms with Gasteiger partial charge in [0.25, 0.3) is 5.91 Å². The summed E-state index contributed by atoms with van der Waals surface area (Å²) in [5.41, 5.74) is 1.28. The highest BCUT2D eigenvalue weighted by molar-refractivity contribution is 5.97. The van der Waals surface area contributed by atoms with Crippen LogP contribution in [0.4, 0.5) is 0 Å². The van der Waals surface area contributed by atoms with Crippen LogP contribution in [0.3, 0.4) is 0 Å². The van der Waals surface area contributed by atoms with E-state index in [4.69, 9.17) is 9.47 Å². The molecule has 3 atom stereocenters. The van der Waals surface area contributed by atoms with Crippen LogP contribution in [-0.4, -0.2) is 47.3 Å². The number of aliphatic hydroxyl groups is 1. The number of nitrogens with zero attached hydrogens (tertiary/aromatic N) is 1. The van der Waals surface area contributed by atoms with Crippen molar-refractivity contribution >= 4 is 5.91 Å². The zero-order valence-corrected chi connectivity index (χ0v) is 16.2. The second-order valence-corrected chi connectivity index (χ2v) is 7.73. The fraction of sp³-hybridized carbons (Fsp3) is 0.435. The Morgan fingerprint density at radius 2 is 1.89 bits per heavy atom. The van der Waals surface area contributed by atoms with Crippen molar-refractivity contribution < 1.29 is 19.4 Å². The second kappa shape index (κ2) is 7.94. The SMILES string of the molecule is COC12CCC(O)CC1N(C(=O)c1ccccc1OCc1ccccc1)CC2. The van der Waals surface area contributed by atoms with Gasteiger partial charge in [-0.2, -0.15) is 0 Å². The molecule has 1 N–H and O–H groups in total. The molecule has 5 nitrogen and oxygen atoms in total. The first-order valence-electron chi connectivity index (χ1n) is 9.93. The summed E-state index contributed by atoms with van der Waals surface area (Å²) in [6, 6.07) is 17.2. The van der Waals surface area contributed by atoms with Gasteiger partial charge in [-0.25, -0.2) is 0 Å². The van der Waals surface area contributed by atoms with Gasteiger partial charge in [0.15, 0.2) is 0 Å². The predicted molar refractivity (Wildman–Crippen MR) is 106 cm³/mol. The first kappa shape index (κ1) is 19.0. The highest BCUT2D eigenvalue weighted by Crippen LogP contribution is 2.43. The van der Waals surface area contributed by atoms with Gasteiger partial charge >= 0.3 is 0 Å². The monoisotopic (exact) mass is 381 g/mol. The number of amides is 1. The molecule has 1 aliphatic heterocycles. The van der Waals surface area contributed by atoms with Crippen LogP contribution in [0, 0.1) is 0 Å². The maximum absolute atomic E-state index is 13.4. The Hall–Kier alpha value is -2.37. The van der Waals surface area contributed by atoms with Crippen molar-refractivity contribution in [3.63, 3.8) is 0 Å². The Morgan fingerprint density at radius 1 is 1.14 bits per heavy atom. The number of methoxy groups -OCH3 is 1. The Balaban J connectivity index is 1.55. The largest absolute Gasteiger partial charge is 0.488 e. The van der Waals surface area contributed by atoms with Gasteiger partial charge in [0, 0.05) is 13.7 Å². The van der Waals surface area contributed by atoms with Crippen LogP contribution in [0.25, 0.3) is 0 Å². The van der Waals surface area contributed by atoms with Gasteiger partial charge in [-0.3, -0.25) is 4.79 Å². The normalized spacial score (nSPS) is 26.7. The van der Waals surface area contributed by atoms with E-state index in [9.17, 15) is 9.90 Å². The number of ether oxygens (including phenoxy) is 2. The number of rotatable bonds is 5. The van der Waals surface area contributed by atoms with Crippen LogP contribution < -0.4 is 4.74 Å². The van der Waals surface area contributed by atoms with Crippen molar-refractivity contribution in [3.05, 3.63) is 65.7 Å². The smallest absolute Gasteiger partial charge is 0.257 e. The van der Waals surface area contributed by atoms with Gasteiger partial charge < -0.3 is 19.5 Å². The van der Waals surface area contributed by atoms with E-state index in [-0.39, 0.29) is 23.7 Å². The van der Waals surface area contributed by atoms with Gasteiger partial charge in [0.1, 0.15) is 12.4 Å². The summed E-state index contributed by atoms with van der Waals surface area (Å²) in [5.74, 6) is 0.532. The van der Waals surface area contributed by atoms with Crippen molar-refractivity contribution in [2.45, 2.75) is 50.0 Å². The zero-order chi connectivity index (χ0) is 19.6. The van der Waals surface area contributed by atoms with Crippen LogP contribution in [0.5, 0.6) is 5.75 Å². The minimum Gasteiger partial charge on any atom is -0.488 e. The first-order valence-corrected chi connectivity index (χ1v) is 9.93. The van der Waals surface area contributed by atoms with E-state index in [1.807, 2.05) is 59.5 Å². The third kappa shape index (κ3) is 3.52. The molecule has 0 bridgehead atoms. The van der Waals surface area contributed by atoms with Crippen LogP contribution in [0.1, 0.15) is 41.6 Å². The van der Waals surface area contributed by atoms with Gasteiger partial charge in [-0.05, 0) is 43.4 Å². The molecule has 0 spiro atoms. The summed E-state index contributed by atoms with van der Waals surface area (Å²) in [6.45, 7) is 1.05. The molecule has 28 heavy (non-hydrogen) atoms. The van der Waals surface area contributed by atoms with Crippen molar-refractivity contribution in [3.8, 4) is 5.75 Å². The highest BCUT2D eigenvalue weighted by Gasteiger charge is 2.52. The van der Waals surface area contributed by atoms with Crippen LogP contribution in [-0.2, 0) is 11.3 Å². The van der Waals surface area contributed by atoms with Crippen molar-refractivity contribution in [2.75, 3.05) is 13.7 Å². The lowest BCUT2D eigenvalue weighted by atomic mass is 9.79. The third-order valence-electron chi connectivity index (χ3n) is 6.18. The lowest BCUT2D eigenvalue weighted by Crippen LogP contribution is -2.52. The first-order chi connectivity index (χ1) is 13.6. The molecule has 2 fully saturated rings. The Labute approximate surface area is 165 Å². The van der Waals surface area contributed by atoms with Crippen LogP contribution in [0.2, 0.25) is 0 Å². The predicted octanol–water partition coefficient (Wildman–Crippen LogP) is 3.41. The molecule has 1 amide bonds. The molecule has 5 heteroatoms. The summed E-state index contributed by atoms with van der Waals surface area (Å²) in [7, 11) is 1.72. The van der Waals surface area contributed by atoms with E-state index < -0.39 is 0 Å². The molecule has 1 saturated carbocycles. The number of hydrogen-bond donors (Lipinski definition) is 1. The molecule has 1 aliphatic carbocycles. The van der Waals surface area contributed by atoms with Gasteiger partial charge in [0.05, 0.1) is 23.3 Å². The Morgan fingerprint density at radius 3 is 2.68 bits per heavy atom. The minimum atomic E-state index is -0.383. The molecule has 4 rings (SSSR count). The summed E-state index contributed by atoms with van der Waals surface area (Å²) >= 11 is 0. The van der Waals surface area contributed by atoms with E-state index in [2.05, 4.69) is 0 Å². The molecule has 1 heterocycles. The molecule has 2 aromatic carbocycles. The molecule has 3 unspecified atom stereocenters. The summed E-state index contributed by atoms with van der Waals surface area (Å²) in [6.07, 6.45) is 2.49. The van der Waals surface area contributed by atoms with Crippen molar-refractivity contribution in [1.29, 1.82) is 0 Å². The number of likely N-dealkylation sites (tertiary alicyclic amines) is 1.